The molecule has 0 amide bonds. The molecule has 0 unspecified atom stereocenters. The molecule has 0 atom stereocenters. The van der Waals surface area contributed by atoms with Crippen LogP contribution >= 0.6 is 11.6 Å². The van der Waals surface area contributed by atoms with Crippen LogP contribution < -0.4 is 0 Å². The lowest BCUT2D eigenvalue weighted by molar-refractivity contribution is -0.165. The number of carbonyl (C=O) groups excluding carboxylic acids is 6. The molecule has 220 valence electrons. The van der Waals surface area contributed by atoms with Gasteiger partial charge in [0, 0.05) is 36.8 Å². The van der Waals surface area contributed by atoms with E-state index in [9.17, 15) is 28.8 Å². The maximum absolute atomic E-state index is 11.8. The zero-order chi connectivity index (χ0) is 30.6. The molecule has 0 saturated heterocycles. The standard InChI is InChI=1S/C27H33ClO12/c1-6-21(30)36-15-26(12-11-20(28)29,16-37-22(31)7-2)13-35-14-27(17-38-23(32)8-3,18-39-24(33)9-4)19-40-25(34)10-5/h6-10H,1-5,11-19H2. The van der Waals surface area contributed by atoms with E-state index in [-0.39, 0.29) is 39.3 Å². The minimum Gasteiger partial charge on any atom is -0.462 e. The highest BCUT2D eigenvalue weighted by atomic mass is 35.5. The first kappa shape index (κ1) is 36.0. The van der Waals surface area contributed by atoms with Crippen LogP contribution in [0.1, 0.15) is 12.8 Å². The number of carbonyl (C=O) groups is 6. The molecule has 40 heavy (non-hydrogen) atoms. The number of ether oxygens (including phenoxy) is 6. The lowest BCUT2D eigenvalue weighted by Crippen LogP contribution is -2.45. The van der Waals surface area contributed by atoms with Gasteiger partial charge < -0.3 is 28.4 Å². The molecule has 13 heteroatoms. The van der Waals surface area contributed by atoms with Gasteiger partial charge in [0.2, 0.25) is 5.24 Å². The van der Waals surface area contributed by atoms with Crippen molar-refractivity contribution in [3.05, 3.63) is 63.3 Å². The molecule has 0 N–H and O–H groups in total. The highest BCUT2D eigenvalue weighted by Crippen LogP contribution is 2.29. The zero-order valence-corrected chi connectivity index (χ0v) is 22.8. The summed E-state index contributed by atoms with van der Waals surface area (Å²) in [4.78, 5) is 70.5. The van der Waals surface area contributed by atoms with Crippen LogP contribution in [-0.4, -0.2) is 81.3 Å². The average molecular weight is 585 g/mol. The lowest BCUT2D eigenvalue weighted by atomic mass is 9.85. The Kier molecular flexibility index (Phi) is 17.2. The van der Waals surface area contributed by atoms with Crippen molar-refractivity contribution < 1.29 is 57.2 Å². The molecule has 0 aliphatic rings. The highest BCUT2D eigenvalue weighted by molar-refractivity contribution is 6.63. The average Bonchev–Trinajstić information content (AvgIpc) is 2.96. The first-order valence-corrected chi connectivity index (χ1v) is 12.0. The van der Waals surface area contributed by atoms with E-state index in [4.69, 9.17) is 40.0 Å². The van der Waals surface area contributed by atoms with E-state index in [1.165, 1.54) is 0 Å². The van der Waals surface area contributed by atoms with Crippen molar-refractivity contribution in [1.29, 1.82) is 0 Å². The van der Waals surface area contributed by atoms with Gasteiger partial charge in [0.05, 0.1) is 24.0 Å². The van der Waals surface area contributed by atoms with Gasteiger partial charge in [-0.05, 0) is 18.0 Å². The summed E-state index contributed by atoms with van der Waals surface area (Å²) in [6.45, 7) is 13.7. The Morgan fingerprint density at radius 3 is 1.05 bits per heavy atom. The summed E-state index contributed by atoms with van der Waals surface area (Å²) in [5, 5.41) is -0.715. The fourth-order valence-corrected chi connectivity index (χ4v) is 2.95. The molecule has 0 fully saturated rings. The number of esters is 5. The third-order valence-electron chi connectivity index (χ3n) is 5.10. The van der Waals surface area contributed by atoms with E-state index in [1.807, 2.05) is 0 Å². The minimum atomic E-state index is -1.46. The van der Waals surface area contributed by atoms with Gasteiger partial charge in [-0.1, -0.05) is 32.9 Å². The smallest absolute Gasteiger partial charge is 0.330 e. The van der Waals surface area contributed by atoms with Crippen molar-refractivity contribution in [3.8, 4) is 0 Å². The van der Waals surface area contributed by atoms with Crippen LogP contribution in [0.4, 0.5) is 0 Å². The SMILES string of the molecule is C=CC(=O)OCC(CCC(=O)Cl)(COCC(COC(=O)C=C)(COC(=O)C=C)COC(=O)C=C)COC(=O)C=C. The van der Waals surface area contributed by atoms with Crippen LogP contribution in [0.2, 0.25) is 0 Å². The first-order chi connectivity index (χ1) is 18.9. The van der Waals surface area contributed by atoms with Gasteiger partial charge in [-0.15, -0.1) is 0 Å². The molecule has 12 nitrogen and oxygen atoms in total. The summed E-state index contributed by atoms with van der Waals surface area (Å²) in [5.74, 6) is -4.06. The molecule has 0 radical (unpaired) electrons. The molecule has 0 spiro atoms. The van der Waals surface area contributed by atoms with Gasteiger partial charge in [0.15, 0.2) is 0 Å². The van der Waals surface area contributed by atoms with Crippen LogP contribution in [0.3, 0.4) is 0 Å². The Bertz CT molecular complexity index is 900. The van der Waals surface area contributed by atoms with E-state index < -0.39 is 65.7 Å². The largest absolute Gasteiger partial charge is 0.462 e. The summed E-state index contributed by atoms with van der Waals surface area (Å²) in [6, 6.07) is 0. The summed E-state index contributed by atoms with van der Waals surface area (Å²) >= 11 is 5.53. The van der Waals surface area contributed by atoms with Gasteiger partial charge in [-0.2, -0.15) is 0 Å². The Morgan fingerprint density at radius 2 is 0.775 bits per heavy atom. The van der Waals surface area contributed by atoms with Gasteiger partial charge in [-0.3, -0.25) is 4.79 Å². The normalized spacial score (nSPS) is 10.7. The van der Waals surface area contributed by atoms with Gasteiger partial charge >= 0.3 is 29.8 Å². The molecule has 0 saturated carbocycles. The van der Waals surface area contributed by atoms with Gasteiger partial charge in [0.1, 0.15) is 33.0 Å². The Hall–Kier alpha value is -4.03. The molecule has 0 bridgehead atoms. The van der Waals surface area contributed by atoms with Crippen molar-refractivity contribution in [2.45, 2.75) is 12.8 Å². The Labute approximate surface area is 237 Å². The summed E-state index contributed by atoms with van der Waals surface area (Å²) in [6.07, 6.45) is 4.25. The maximum atomic E-state index is 11.8. The quantitative estimate of drug-likeness (QED) is 0.0791. The predicted molar refractivity (Wildman–Crippen MR) is 142 cm³/mol. The van der Waals surface area contributed by atoms with Crippen molar-refractivity contribution in [2.24, 2.45) is 10.8 Å². The molecular formula is C27H33ClO12. The van der Waals surface area contributed by atoms with E-state index in [0.29, 0.717) is 0 Å². The fraction of sp³-hybridized carbons (Fsp3) is 0.407. The van der Waals surface area contributed by atoms with E-state index in [0.717, 1.165) is 30.4 Å². The van der Waals surface area contributed by atoms with Crippen LogP contribution in [-0.2, 0) is 57.2 Å². The zero-order valence-electron chi connectivity index (χ0n) is 22.1. The summed E-state index contributed by atoms with van der Waals surface area (Å²) in [7, 11) is 0. The van der Waals surface area contributed by atoms with Crippen LogP contribution in [0, 0.1) is 10.8 Å². The van der Waals surface area contributed by atoms with Crippen molar-refractivity contribution >= 4 is 46.7 Å². The van der Waals surface area contributed by atoms with Crippen molar-refractivity contribution in [2.75, 3.05) is 46.2 Å². The topological polar surface area (TPSA) is 158 Å². The molecule has 0 aromatic carbocycles. The Morgan fingerprint density at radius 1 is 0.500 bits per heavy atom. The molecule has 0 aliphatic carbocycles. The van der Waals surface area contributed by atoms with Crippen molar-refractivity contribution in [1.82, 2.24) is 0 Å². The van der Waals surface area contributed by atoms with Gasteiger partial charge in [-0.25, -0.2) is 24.0 Å². The molecule has 0 aliphatic heterocycles. The molecule has 0 aromatic heterocycles. The predicted octanol–water partition coefficient (Wildman–Crippen LogP) is 2.17. The number of rotatable bonds is 22. The highest BCUT2D eigenvalue weighted by Gasteiger charge is 2.39. The summed E-state index contributed by atoms with van der Waals surface area (Å²) in [5.41, 5.74) is -2.76. The van der Waals surface area contributed by atoms with Crippen LogP contribution in [0.15, 0.2) is 63.3 Å². The third-order valence-corrected chi connectivity index (χ3v) is 5.29. The molecule has 0 rings (SSSR count). The third kappa shape index (κ3) is 14.8. The number of hydrogen-bond donors (Lipinski definition) is 0. The number of halogens is 1. The molecular weight excluding hydrogens is 552 g/mol. The van der Waals surface area contributed by atoms with E-state index in [1.54, 1.807) is 0 Å². The second-order valence-corrected chi connectivity index (χ2v) is 8.83. The Balaban J connectivity index is 6.23. The molecule has 0 aromatic rings. The van der Waals surface area contributed by atoms with E-state index in [2.05, 4.69) is 32.9 Å². The maximum Gasteiger partial charge on any atom is 0.330 e. The van der Waals surface area contributed by atoms with Crippen LogP contribution in [0.5, 0.6) is 0 Å². The van der Waals surface area contributed by atoms with Crippen LogP contribution in [0.25, 0.3) is 0 Å². The second-order valence-electron chi connectivity index (χ2n) is 8.41. The number of hydrogen-bond acceptors (Lipinski definition) is 12. The van der Waals surface area contributed by atoms with E-state index >= 15 is 0 Å². The second kappa shape index (κ2) is 19.1. The lowest BCUT2D eigenvalue weighted by Gasteiger charge is -2.35. The summed E-state index contributed by atoms with van der Waals surface area (Å²) < 4.78 is 31.7. The first-order valence-electron chi connectivity index (χ1n) is 11.6. The van der Waals surface area contributed by atoms with Crippen molar-refractivity contribution in [3.63, 3.8) is 0 Å². The monoisotopic (exact) mass is 584 g/mol. The molecule has 0 heterocycles. The fourth-order valence-electron chi connectivity index (χ4n) is 2.85. The minimum absolute atomic E-state index is 0.0560. The van der Waals surface area contributed by atoms with Gasteiger partial charge in [0.25, 0.3) is 0 Å².